The number of nitrogens with two attached hydrogens (primary N) is 1. The molecule has 0 radical (unpaired) electrons. The first-order valence-electron chi connectivity index (χ1n) is 7.21. The molecule has 1 aliphatic heterocycles. The van der Waals surface area contributed by atoms with Crippen LogP contribution < -0.4 is 5.73 Å². The van der Waals surface area contributed by atoms with Crippen molar-refractivity contribution in [2.75, 3.05) is 13.1 Å². The zero-order chi connectivity index (χ0) is 17.3. The highest BCUT2D eigenvalue weighted by Crippen LogP contribution is 2.37. The van der Waals surface area contributed by atoms with Crippen LogP contribution in [0.3, 0.4) is 0 Å². The van der Waals surface area contributed by atoms with Gasteiger partial charge in [-0.25, -0.2) is 8.42 Å². The highest BCUT2D eigenvalue weighted by atomic mass is 35.5. The standard InChI is InChI=1S/C14H19F3N2O2S2.ClH/c1-10(18)11-3-2-8-19(9-11)23(20,21)13-6-4-12(5-7-13)22-14(15,16)17;/h4-7,10-11H,2-3,8-9,18H2,1H3;1H. The zero-order valence-electron chi connectivity index (χ0n) is 13.0. The fourth-order valence-corrected chi connectivity index (χ4v) is 4.66. The Hall–Kier alpha value is -0.480. The van der Waals surface area contributed by atoms with Gasteiger partial charge in [-0.1, -0.05) is 0 Å². The third-order valence-electron chi connectivity index (χ3n) is 3.86. The maximum absolute atomic E-state index is 12.6. The van der Waals surface area contributed by atoms with E-state index in [0.29, 0.717) is 13.1 Å². The van der Waals surface area contributed by atoms with Crippen molar-refractivity contribution in [2.24, 2.45) is 11.7 Å². The fourth-order valence-electron chi connectivity index (χ4n) is 2.58. The second-order valence-corrected chi connectivity index (χ2v) is 8.72. The molecule has 0 aromatic heterocycles. The number of alkyl halides is 3. The Morgan fingerprint density at radius 3 is 2.38 bits per heavy atom. The Kier molecular flexibility index (Phi) is 7.43. The molecule has 2 rings (SSSR count). The summed E-state index contributed by atoms with van der Waals surface area (Å²) >= 11 is -0.265. The summed E-state index contributed by atoms with van der Waals surface area (Å²) in [4.78, 5) is -0.0297. The molecule has 0 bridgehead atoms. The van der Waals surface area contributed by atoms with Crippen LogP contribution in [0.2, 0.25) is 0 Å². The van der Waals surface area contributed by atoms with Crippen LogP contribution >= 0.6 is 24.2 Å². The Balaban J connectivity index is 0.00000288. The average molecular weight is 405 g/mol. The van der Waals surface area contributed by atoms with Gasteiger partial charge < -0.3 is 5.73 Å². The molecule has 10 heteroatoms. The molecule has 2 unspecified atom stereocenters. The van der Waals surface area contributed by atoms with Crippen LogP contribution in [-0.4, -0.2) is 37.4 Å². The second kappa shape index (κ2) is 8.27. The van der Waals surface area contributed by atoms with Crippen molar-refractivity contribution < 1.29 is 21.6 Å². The molecule has 1 fully saturated rings. The molecular formula is C14H20ClF3N2O2S2. The van der Waals surface area contributed by atoms with Crippen molar-refractivity contribution in [3.63, 3.8) is 0 Å². The van der Waals surface area contributed by atoms with Gasteiger partial charge >= 0.3 is 5.51 Å². The molecule has 0 amide bonds. The van der Waals surface area contributed by atoms with Crippen LogP contribution in [0.1, 0.15) is 19.8 Å². The number of thioether (sulfide) groups is 1. The Labute approximate surface area is 150 Å². The van der Waals surface area contributed by atoms with E-state index >= 15 is 0 Å². The summed E-state index contributed by atoms with van der Waals surface area (Å²) < 4.78 is 63.5. The van der Waals surface area contributed by atoms with Gasteiger partial charge in [-0.3, -0.25) is 0 Å². The zero-order valence-corrected chi connectivity index (χ0v) is 15.4. The normalized spacial score (nSPS) is 21.1. The number of nitrogens with zero attached hydrogens (tertiary/aromatic N) is 1. The number of piperidine rings is 1. The minimum Gasteiger partial charge on any atom is -0.328 e. The van der Waals surface area contributed by atoms with E-state index in [9.17, 15) is 21.6 Å². The first kappa shape index (κ1) is 21.6. The smallest absolute Gasteiger partial charge is 0.328 e. The minimum absolute atomic E-state index is 0. The van der Waals surface area contributed by atoms with Crippen molar-refractivity contribution in [3.8, 4) is 0 Å². The molecule has 2 atom stereocenters. The third kappa shape index (κ3) is 5.52. The summed E-state index contributed by atoms with van der Waals surface area (Å²) in [6.45, 7) is 2.60. The number of benzene rings is 1. The monoisotopic (exact) mass is 404 g/mol. The molecule has 138 valence electrons. The van der Waals surface area contributed by atoms with Gasteiger partial charge in [0, 0.05) is 24.0 Å². The van der Waals surface area contributed by atoms with E-state index in [1.807, 2.05) is 6.92 Å². The van der Waals surface area contributed by atoms with Crippen molar-refractivity contribution in [1.82, 2.24) is 4.31 Å². The van der Waals surface area contributed by atoms with Crippen molar-refractivity contribution in [1.29, 1.82) is 0 Å². The topological polar surface area (TPSA) is 63.4 Å². The summed E-state index contributed by atoms with van der Waals surface area (Å²) in [5, 5.41) is 0. The number of hydrogen-bond acceptors (Lipinski definition) is 4. The van der Waals surface area contributed by atoms with Crippen LogP contribution in [0.4, 0.5) is 13.2 Å². The van der Waals surface area contributed by atoms with E-state index in [4.69, 9.17) is 5.73 Å². The summed E-state index contributed by atoms with van der Waals surface area (Å²) in [5.74, 6) is 0.0959. The molecular weight excluding hydrogens is 385 g/mol. The number of hydrogen-bond donors (Lipinski definition) is 1. The highest BCUT2D eigenvalue weighted by molar-refractivity contribution is 8.00. The average Bonchev–Trinajstić information content (AvgIpc) is 2.46. The van der Waals surface area contributed by atoms with E-state index in [1.54, 1.807) is 0 Å². The molecule has 0 spiro atoms. The summed E-state index contributed by atoms with van der Waals surface area (Å²) in [5.41, 5.74) is 1.47. The molecule has 2 N–H and O–H groups in total. The molecule has 1 saturated heterocycles. The predicted octanol–water partition coefficient (Wildman–Crippen LogP) is 3.47. The Morgan fingerprint density at radius 2 is 1.88 bits per heavy atom. The summed E-state index contributed by atoms with van der Waals surface area (Å²) in [6.07, 6.45) is 1.61. The van der Waals surface area contributed by atoms with Gasteiger partial charge in [0.2, 0.25) is 10.0 Å². The summed E-state index contributed by atoms with van der Waals surface area (Å²) in [6, 6.07) is 4.70. The van der Waals surface area contributed by atoms with Gasteiger partial charge in [-0.15, -0.1) is 12.4 Å². The van der Waals surface area contributed by atoms with Crippen molar-refractivity contribution in [3.05, 3.63) is 24.3 Å². The van der Waals surface area contributed by atoms with Crippen LogP contribution in [0, 0.1) is 5.92 Å². The summed E-state index contributed by atoms with van der Waals surface area (Å²) in [7, 11) is -3.70. The van der Waals surface area contributed by atoms with E-state index in [0.717, 1.165) is 12.8 Å². The van der Waals surface area contributed by atoms with E-state index in [1.165, 1.54) is 28.6 Å². The minimum atomic E-state index is -4.39. The Morgan fingerprint density at radius 1 is 1.29 bits per heavy atom. The van der Waals surface area contributed by atoms with Gasteiger partial charge in [0.25, 0.3) is 0 Å². The largest absolute Gasteiger partial charge is 0.446 e. The lowest BCUT2D eigenvalue weighted by atomic mass is 9.93. The molecule has 24 heavy (non-hydrogen) atoms. The molecule has 4 nitrogen and oxygen atoms in total. The van der Waals surface area contributed by atoms with Crippen LogP contribution in [0.5, 0.6) is 0 Å². The highest BCUT2D eigenvalue weighted by Gasteiger charge is 2.32. The predicted molar refractivity (Wildman–Crippen MR) is 90.7 cm³/mol. The maximum Gasteiger partial charge on any atom is 0.446 e. The van der Waals surface area contributed by atoms with Crippen LogP contribution in [0.25, 0.3) is 0 Å². The molecule has 1 heterocycles. The van der Waals surface area contributed by atoms with Gasteiger partial charge in [0.05, 0.1) is 4.90 Å². The maximum atomic E-state index is 12.6. The lowest BCUT2D eigenvalue weighted by Crippen LogP contribution is -2.44. The molecule has 1 aromatic rings. The van der Waals surface area contributed by atoms with Crippen molar-refractivity contribution in [2.45, 2.75) is 41.1 Å². The lowest BCUT2D eigenvalue weighted by molar-refractivity contribution is -0.0328. The first-order valence-corrected chi connectivity index (χ1v) is 9.47. The SMILES string of the molecule is CC(N)C1CCCN(S(=O)(=O)c2ccc(SC(F)(F)F)cc2)C1.Cl. The third-order valence-corrected chi connectivity index (χ3v) is 6.48. The molecule has 1 aromatic carbocycles. The number of halogens is 4. The molecule has 0 saturated carbocycles. The molecule has 1 aliphatic rings. The van der Waals surface area contributed by atoms with E-state index in [2.05, 4.69) is 0 Å². The fraction of sp³-hybridized carbons (Fsp3) is 0.571. The van der Waals surface area contributed by atoms with Gasteiger partial charge in [-0.2, -0.15) is 17.5 Å². The second-order valence-electron chi connectivity index (χ2n) is 5.64. The van der Waals surface area contributed by atoms with Crippen LogP contribution in [0.15, 0.2) is 34.1 Å². The van der Waals surface area contributed by atoms with E-state index in [-0.39, 0.29) is 45.9 Å². The lowest BCUT2D eigenvalue weighted by Gasteiger charge is -2.33. The van der Waals surface area contributed by atoms with Gasteiger partial charge in [0.15, 0.2) is 0 Å². The quantitative estimate of drug-likeness (QED) is 0.780. The number of rotatable bonds is 4. The van der Waals surface area contributed by atoms with Gasteiger partial charge in [-0.05, 0) is 61.7 Å². The van der Waals surface area contributed by atoms with Crippen molar-refractivity contribution >= 4 is 34.2 Å². The number of sulfonamides is 1. The van der Waals surface area contributed by atoms with Gasteiger partial charge in [0.1, 0.15) is 0 Å². The molecule has 0 aliphatic carbocycles. The first-order chi connectivity index (χ1) is 10.6. The van der Waals surface area contributed by atoms with E-state index < -0.39 is 15.5 Å². The van der Waals surface area contributed by atoms with Crippen LogP contribution in [-0.2, 0) is 10.0 Å². The Bertz CT molecular complexity index is 636.